The summed E-state index contributed by atoms with van der Waals surface area (Å²) in [5.41, 5.74) is 2.79. The Balaban J connectivity index is 1.76. The van der Waals surface area contributed by atoms with Crippen LogP contribution >= 0.6 is 11.6 Å². The second kappa shape index (κ2) is 6.44. The van der Waals surface area contributed by atoms with Crippen LogP contribution in [0.4, 0.5) is 0 Å². The summed E-state index contributed by atoms with van der Waals surface area (Å²) in [4.78, 5) is 22.5. The third-order valence-electron chi connectivity index (χ3n) is 4.10. The van der Waals surface area contributed by atoms with Gasteiger partial charge in [0, 0.05) is 42.7 Å². The molecule has 4 nitrogen and oxygen atoms in total. The fourth-order valence-corrected chi connectivity index (χ4v) is 2.95. The normalized spacial score (nSPS) is 18.3. The molecule has 5 heteroatoms. The molecule has 0 aliphatic carbocycles. The highest BCUT2D eigenvalue weighted by atomic mass is 35.5. The van der Waals surface area contributed by atoms with Gasteiger partial charge in [-0.25, -0.2) is 0 Å². The third kappa shape index (κ3) is 3.28. The van der Waals surface area contributed by atoms with Gasteiger partial charge >= 0.3 is 0 Å². The molecule has 1 aromatic heterocycles. The monoisotopic (exact) mass is 315 g/mol. The minimum Gasteiger partial charge on any atom is -0.342 e. The number of carbonyl (C=O) groups is 1. The van der Waals surface area contributed by atoms with Crippen LogP contribution in [0.25, 0.3) is 11.3 Å². The van der Waals surface area contributed by atoms with Gasteiger partial charge in [0.15, 0.2) is 0 Å². The molecule has 1 atom stereocenters. The number of likely N-dealkylation sites (tertiary alicyclic amines) is 1. The van der Waals surface area contributed by atoms with Gasteiger partial charge in [0.25, 0.3) is 0 Å². The Labute approximate surface area is 135 Å². The molecule has 2 heterocycles. The Morgan fingerprint density at radius 2 is 2.00 bits per heavy atom. The molecule has 1 unspecified atom stereocenters. The van der Waals surface area contributed by atoms with Gasteiger partial charge in [0.2, 0.25) is 5.91 Å². The summed E-state index contributed by atoms with van der Waals surface area (Å²) in [6, 6.07) is 7.56. The Kier molecular flexibility index (Phi) is 4.39. The summed E-state index contributed by atoms with van der Waals surface area (Å²) in [6.45, 7) is 3.21. The zero-order chi connectivity index (χ0) is 15.5. The fraction of sp³-hybridized carbons (Fsp3) is 0.353. The molecular weight excluding hydrogens is 298 g/mol. The summed E-state index contributed by atoms with van der Waals surface area (Å²) < 4.78 is 0. The Morgan fingerprint density at radius 1 is 1.23 bits per heavy atom. The molecule has 0 N–H and O–H groups in total. The van der Waals surface area contributed by atoms with Gasteiger partial charge < -0.3 is 4.90 Å². The lowest BCUT2D eigenvalue weighted by molar-refractivity contribution is -0.130. The zero-order valence-corrected chi connectivity index (χ0v) is 13.3. The number of piperidine rings is 1. The maximum absolute atomic E-state index is 11.5. The topological polar surface area (TPSA) is 46.1 Å². The number of benzene rings is 1. The molecule has 2 aromatic rings. The van der Waals surface area contributed by atoms with Crippen LogP contribution in [0, 0.1) is 0 Å². The van der Waals surface area contributed by atoms with Crippen molar-refractivity contribution in [3.05, 3.63) is 47.4 Å². The molecular formula is C17H18ClN3O. The number of rotatable bonds is 2. The van der Waals surface area contributed by atoms with Crippen molar-refractivity contribution < 1.29 is 4.79 Å². The second-order valence-electron chi connectivity index (χ2n) is 5.64. The van der Waals surface area contributed by atoms with E-state index in [1.54, 1.807) is 13.1 Å². The lowest BCUT2D eigenvalue weighted by Gasteiger charge is -2.31. The first kappa shape index (κ1) is 15.0. The number of nitrogens with zero attached hydrogens (tertiary/aromatic N) is 3. The van der Waals surface area contributed by atoms with E-state index in [2.05, 4.69) is 9.97 Å². The van der Waals surface area contributed by atoms with E-state index < -0.39 is 0 Å². The molecule has 1 saturated heterocycles. The van der Waals surface area contributed by atoms with E-state index in [1.165, 1.54) is 0 Å². The molecule has 0 saturated carbocycles. The molecule has 0 radical (unpaired) electrons. The Morgan fingerprint density at radius 3 is 2.64 bits per heavy atom. The predicted molar refractivity (Wildman–Crippen MR) is 86.7 cm³/mol. The van der Waals surface area contributed by atoms with Gasteiger partial charge in [-0.05, 0) is 25.0 Å². The number of aromatic nitrogens is 2. The Hall–Kier alpha value is -1.94. The lowest BCUT2D eigenvalue weighted by Crippen LogP contribution is -2.37. The number of hydrogen-bond acceptors (Lipinski definition) is 3. The van der Waals surface area contributed by atoms with Gasteiger partial charge in [-0.1, -0.05) is 23.7 Å². The van der Waals surface area contributed by atoms with Crippen LogP contribution < -0.4 is 0 Å². The van der Waals surface area contributed by atoms with Crippen molar-refractivity contribution in [3.8, 4) is 11.3 Å². The highest BCUT2D eigenvalue weighted by molar-refractivity contribution is 6.30. The highest BCUT2D eigenvalue weighted by Gasteiger charge is 2.23. The van der Waals surface area contributed by atoms with Gasteiger partial charge in [0.1, 0.15) is 0 Å². The van der Waals surface area contributed by atoms with Gasteiger partial charge in [0.05, 0.1) is 17.6 Å². The standard InChI is InChI=1S/C17H18ClN3O/c1-12(22)21-8-2-3-14(11-21)17-10-19-16(9-20-17)13-4-6-15(18)7-5-13/h4-7,9-10,14H,2-3,8,11H2,1H3. The molecule has 0 bridgehead atoms. The van der Waals surface area contributed by atoms with E-state index in [0.717, 1.165) is 42.9 Å². The number of hydrogen-bond donors (Lipinski definition) is 0. The van der Waals surface area contributed by atoms with Crippen molar-refractivity contribution in [1.82, 2.24) is 14.9 Å². The average molecular weight is 316 g/mol. The van der Waals surface area contributed by atoms with Crippen molar-refractivity contribution in [1.29, 1.82) is 0 Å². The first-order valence-corrected chi connectivity index (χ1v) is 7.84. The number of amides is 1. The molecule has 1 aromatic carbocycles. The van der Waals surface area contributed by atoms with Crippen LogP contribution in [0.5, 0.6) is 0 Å². The first-order valence-electron chi connectivity index (χ1n) is 7.47. The maximum Gasteiger partial charge on any atom is 0.219 e. The van der Waals surface area contributed by atoms with Crippen LogP contribution in [0.3, 0.4) is 0 Å². The van der Waals surface area contributed by atoms with E-state index in [0.29, 0.717) is 5.02 Å². The van der Waals surface area contributed by atoms with E-state index >= 15 is 0 Å². The van der Waals surface area contributed by atoms with Crippen molar-refractivity contribution >= 4 is 17.5 Å². The van der Waals surface area contributed by atoms with Crippen LogP contribution in [-0.4, -0.2) is 33.9 Å². The van der Waals surface area contributed by atoms with E-state index in [4.69, 9.17) is 11.6 Å². The smallest absolute Gasteiger partial charge is 0.219 e. The van der Waals surface area contributed by atoms with Gasteiger partial charge in [-0.3, -0.25) is 14.8 Å². The largest absolute Gasteiger partial charge is 0.342 e. The molecule has 1 amide bonds. The second-order valence-corrected chi connectivity index (χ2v) is 6.07. The van der Waals surface area contributed by atoms with Crippen LogP contribution in [0.15, 0.2) is 36.7 Å². The molecule has 22 heavy (non-hydrogen) atoms. The van der Waals surface area contributed by atoms with Crippen LogP contribution in [-0.2, 0) is 4.79 Å². The third-order valence-corrected chi connectivity index (χ3v) is 4.35. The minimum absolute atomic E-state index is 0.135. The van der Waals surface area contributed by atoms with Crippen molar-refractivity contribution in [2.24, 2.45) is 0 Å². The average Bonchev–Trinajstić information content (AvgIpc) is 2.56. The van der Waals surface area contributed by atoms with Crippen LogP contribution in [0.1, 0.15) is 31.4 Å². The van der Waals surface area contributed by atoms with Crippen molar-refractivity contribution in [2.75, 3.05) is 13.1 Å². The molecule has 1 fully saturated rings. The summed E-state index contributed by atoms with van der Waals surface area (Å²) in [6.07, 6.45) is 5.70. The maximum atomic E-state index is 11.5. The van der Waals surface area contributed by atoms with Crippen LogP contribution in [0.2, 0.25) is 5.02 Å². The summed E-state index contributed by atoms with van der Waals surface area (Å²) in [5.74, 6) is 0.417. The summed E-state index contributed by atoms with van der Waals surface area (Å²) >= 11 is 5.90. The van der Waals surface area contributed by atoms with Gasteiger partial charge in [-0.2, -0.15) is 0 Å². The van der Waals surface area contributed by atoms with Gasteiger partial charge in [-0.15, -0.1) is 0 Å². The molecule has 1 aliphatic rings. The fourth-order valence-electron chi connectivity index (χ4n) is 2.82. The van der Waals surface area contributed by atoms with E-state index in [9.17, 15) is 4.79 Å². The SMILES string of the molecule is CC(=O)N1CCCC(c2cnc(-c3ccc(Cl)cc3)cn2)C1. The predicted octanol–water partition coefficient (Wildman–Crippen LogP) is 3.52. The molecule has 0 spiro atoms. The minimum atomic E-state index is 0.135. The molecule has 3 rings (SSSR count). The lowest BCUT2D eigenvalue weighted by atomic mass is 9.95. The Bertz CT molecular complexity index is 655. The zero-order valence-electron chi connectivity index (χ0n) is 12.5. The van der Waals surface area contributed by atoms with E-state index in [-0.39, 0.29) is 11.8 Å². The summed E-state index contributed by atoms with van der Waals surface area (Å²) in [7, 11) is 0. The van der Waals surface area contributed by atoms with Crippen molar-refractivity contribution in [3.63, 3.8) is 0 Å². The number of carbonyl (C=O) groups excluding carboxylic acids is 1. The van der Waals surface area contributed by atoms with Crippen molar-refractivity contribution in [2.45, 2.75) is 25.7 Å². The molecule has 1 aliphatic heterocycles. The quantitative estimate of drug-likeness (QED) is 0.851. The number of halogens is 1. The molecule has 114 valence electrons. The highest BCUT2D eigenvalue weighted by Crippen LogP contribution is 2.26. The summed E-state index contributed by atoms with van der Waals surface area (Å²) in [5, 5.41) is 0.708. The first-order chi connectivity index (χ1) is 10.6. The van der Waals surface area contributed by atoms with E-state index in [1.807, 2.05) is 35.4 Å².